The number of rotatable bonds is 5. The Balaban J connectivity index is 1.43. The highest BCUT2D eigenvalue weighted by atomic mass is 16.5. The molecule has 0 aromatic heterocycles. The normalized spacial score (nSPS) is 22.6. The first-order valence-corrected chi connectivity index (χ1v) is 12.1. The first kappa shape index (κ1) is 22.0. The first-order chi connectivity index (χ1) is 15.0. The van der Waals surface area contributed by atoms with Gasteiger partial charge in [-0.15, -0.1) is 0 Å². The fraction of sp³-hybridized carbons (Fsp3) is 0.680. The van der Waals surface area contributed by atoms with Crippen molar-refractivity contribution in [3.05, 3.63) is 29.8 Å². The molecule has 1 saturated carbocycles. The lowest BCUT2D eigenvalue weighted by Crippen LogP contribution is -2.54. The molecule has 170 valence electrons. The van der Waals surface area contributed by atoms with E-state index in [0.29, 0.717) is 25.6 Å². The molecule has 1 spiro atoms. The average molecular weight is 428 g/mol. The minimum Gasteiger partial charge on any atom is -0.487 e. The summed E-state index contributed by atoms with van der Waals surface area (Å²) in [7, 11) is 0. The zero-order valence-corrected chi connectivity index (χ0v) is 19.1. The minimum absolute atomic E-state index is 0.0752. The summed E-state index contributed by atoms with van der Waals surface area (Å²) >= 11 is 0. The summed E-state index contributed by atoms with van der Waals surface area (Å²) in [6.45, 7) is 6.97. The summed E-state index contributed by atoms with van der Waals surface area (Å²) in [5, 5.41) is 3.21. The molecule has 1 N–H and O–H groups in total. The van der Waals surface area contributed by atoms with Gasteiger partial charge >= 0.3 is 6.03 Å². The maximum atomic E-state index is 12.9. The fourth-order valence-electron chi connectivity index (χ4n) is 5.60. The molecule has 2 fully saturated rings. The Kier molecular flexibility index (Phi) is 6.73. The summed E-state index contributed by atoms with van der Waals surface area (Å²) in [5.74, 6) is 1.29. The average Bonchev–Trinajstić information content (AvgIpc) is 3.28. The maximum Gasteiger partial charge on any atom is 0.317 e. The molecule has 1 unspecified atom stereocenters. The zero-order valence-electron chi connectivity index (χ0n) is 19.1. The zero-order chi connectivity index (χ0) is 21.8. The van der Waals surface area contributed by atoms with Crippen LogP contribution >= 0.6 is 0 Å². The van der Waals surface area contributed by atoms with Crippen LogP contribution in [-0.2, 0) is 4.79 Å². The van der Waals surface area contributed by atoms with Crippen molar-refractivity contribution in [2.24, 2.45) is 0 Å². The van der Waals surface area contributed by atoms with Crippen molar-refractivity contribution in [3.63, 3.8) is 0 Å². The van der Waals surface area contributed by atoms with Crippen LogP contribution in [0.3, 0.4) is 0 Å². The molecule has 1 aromatic carbocycles. The summed E-state index contributed by atoms with van der Waals surface area (Å²) in [4.78, 5) is 29.4. The van der Waals surface area contributed by atoms with Crippen molar-refractivity contribution in [2.45, 2.75) is 82.8 Å². The van der Waals surface area contributed by atoms with E-state index in [9.17, 15) is 9.59 Å². The van der Waals surface area contributed by atoms with Gasteiger partial charge in [-0.1, -0.05) is 31.0 Å². The monoisotopic (exact) mass is 427 g/mol. The van der Waals surface area contributed by atoms with Crippen molar-refractivity contribution < 1.29 is 14.3 Å². The smallest absolute Gasteiger partial charge is 0.317 e. The van der Waals surface area contributed by atoms with Crippen molar-refractivity contribution in [1.29, 1.82) is 0 Å². The van der Waals surface area contributed by atoms with Crippen LogP contribution in [0.1, 0.15) is 76.7 Å². The van der Waals surface area contributed by atoms with Crippen LogP contribution in [0.2, 0.25) is 0 Å². The summed E-state index contributed by atoms with van der Waals surface area (Å²) in [5.41, 5.74) is 0.863. The molecule has 0 radical (unpaired) electrons. The first-order valence-electron chi connectivity index (χ1n) is 12.1. The van der Waals surface area contributed by atoms with Gasteiger partial charge in [0.2, 0.25) is 5.91 Å². The second-order valence-corrected chi connectivity index (χ2v) is 9.41. The number of likely N-dealkylation sites (tertiary alicyclic amines) is 1. The SMILES string of the molecule is CCN(CC)C(=O)CC1CC2(CCN(C(=O)NC3CCCC3)CC2)Oc2ccccc21. The highest BCUT2D eigenvalue weighted by Gasteiger charge is 2.44. The second kappa shape index (κ2) is 9.49. The van der Waals surface area contributed by atoms with Gasteiger partial charge in [0.15, 0.2) is 0 Å². The van der Waals surface area contributed by atoms with Crippen LogP contribution in [0.15, 0.2) is 24.3 Å². The lowest BCUT2D eigenvalue weighted by molar-refractivity contribution is -0.131. The van der Waals surface area contributed by atoms with Crippen LogP contribution in [0.4, 0.5) is 4.79 Å². The Morgan fingerprint density at radius 3 is 2.48 bits per heavy atom. The van der Waals surface area contributed by atoms with Gasteiger partial charge in [-0.25, -0.2) is 4.79 Å². The molecule has 2 heterocycles. The molecule has 1 atom stereocenters. The van der Waals surface area contributed by atoms with Gasteiger partial charge in [0.05, 0.1) is 0 Å². The molecule has 3 amide bonds. The van der Waals surface area contributed by atoms with E-state index in [1.165, 1.54) is 12.8 Å². The van der Waals surface area contributed by atoms with Gasteiger partial charge in [0.25, 0.3) is 0 Å². The van der Waals surface area contributed by atoms with E-state index in [-0.39, 0.29) is 23.5 Å². The van der Waals surface area contributed by atoms with E-state index in [0.717, 1.165) is 56.5 Å². The number of amides is 3. The van der Waals surface area contributed by atoms with Crippen molar-refractivity contribution >= 4 is 11.9 Å². The second-order valence-electron chi connectivity index (χ2n) is 9.41. The summed E-state index contributed by atoms with van der Waals surface area (Å²) in [6, 6.07) is 8.59. The molecule has 0 bridgehead atoms. The van der Waals surface area contributed by atoms with Crippen molar-refractivity contribution in [3.8, 4) is 5.75 Å². The van der Waals surface area contributed by atoms with Crippen LogP contribution in [-0.4, -0.2) is 59.6 Å². The number of hydrogen-bond acceptors (Lipinski definition) is 3. The lowest BCUT2D eigenvalue weighted by Gasteiger charge is -2.47. The highest BCUT2D eigenvalue weighted by molar-refractivity contribution is 5.77. The number of hydrogen-bond donors (Lipinski definition) is 1. The molecule has 4 rings (SSSR count). The quantitative estimate of drug-likeness (QED) is 0.762. The Hall–Kier alpha value is -2.24. The van der Waals surface area contributed by atoms with Crippen molar-refractivity contribution in [2.75, 3.05) is 26.2 Å². The molecule has 6 nitrogen and oxygen atoms in total. The molecule has 3 aliphatic rings. The minimum atomic E-state index is -0.285. The molecule has 1 aliphatic carbocycles. The standard InChI is InChI=1S/C25H37N3O3/c1-3-27(4-2)23(29)17-19-18-25(31-22-12-8-7-11-21(19)22)13-15-28(16-14-25)24(30)26-20-9-5-6-10-20/h7-8,11-12,19-20H,3-6,9-10,13-18H2,1-2H3,(H,26,30). The Labute approximate surface area is 186 Å². The molecule has 6 heteroatoms. The van der Waals surface area contributed by atoms with Gasteiger partial charge in [0.1, 0.15) is 11.4 Å². The molecule has 31 heavy (non-hydrogen) atoms. The number of urea groups is 1. The number of ether oxygens (including phenoxy) is 1. The molecule has 2 aliphatic heterocycles. The van der Waals surface area contributed by atoms with E-state index in [4.69, 9.17) is 4.74 Å². The molecule has 1 aromatic rings. The predicted molar refractivity (Wildman–Crippen MR) is 121 cm³/mol. The van der Waals surface area contributed by atoms with Gasteiger partial charge < -0.3 is 19.9 Å². The number of carbonyl (C=O) groups excluding carboxylic acids is 2. The number of piperidine rings is 1. The molecular weight excluding hydrogens is 390 g/mol. The predicted octanol–water partition coefficient (Wildman–Crippen LogP) is 4.30. The van der Waals surface area contributed by atoms with Crippen LogP contribution in [0, 0.1) is 0 Å². The maximum absolute atomic E-state index is 12.9. The third-order valence-electron chi connectivity index (χ3n) is 7.49. The van der Waals surface area contributed by atoms with Crippen LogP contribution in [0.25, 0.3) is 0 Å². The number of fused-ring (bicyclic) bond motifs is 1. The van der Waals surface area contributed by atoms with Gasteiger partial charge in [-0.3, -0.25) is 4.79 Å². The Bertz CT molecular complexity index is 778. The largest absolute Gasteiger partial charge is 0.487 e. The summed E-state index contributed by atoms with van der Waals surface area (Å²) in [6.07, 6.45) is 7.64. The topological polar surface area (TPSA) is 61.9 Å². The third kappa shape index (κ3) is 4.83. The lowest BCUT2D eigenvalue weighted by atomic mass is 9.76. The van der Waals surface area contributed by atoms with E-state index < -0.39 is 0 Å². The van der Waals surface area contributed by atoms with Gasteiger partial charge in [-0.2, -0.15) is 0 Å². The van der Waals surface area contributed by atoms with Gasteiger partial charge in [0, 0.05) is 57.4 Å². The number of carbonyl (C=O) groups is 2. The van der Waals surface area contributed by atoms with Crippen LogP contribution < -0.4 is 10.1 Å². The number of para-hydroxylation sites is 1. The third-order valence-corrected chi connectivity index (χ3v) is 7.49. The molecular formula is C25H37N3O3. The number of nitrogens with zero attached hydrogens (tertiary/aromatic N) is 2. The highest BCUT2D eigenvalue weighted by Crippen LogP contribution is 2.46. The van der Waals surface area contributed by atoms with E-state index in [2.05, 4.69) is 11.4 Å². The van der Waals surface area contributed by atoms with E-state index in [1.54, 1.807) is 0 Å². The van der Waals surface area contributed by atoms with E-state index in [1.807, 2.05) is 41.8 Å². The fourth-order valence-corrected chi connectivity index (χ4v) is 5.60. The number of nitrogens with one attached hydrogen (secondary N) is 1. The Morgan fingerprint density at radius 2 is 1.81 bits per heavy atom. The Morgan fingerprint density at radius 1 is 1.13 bits per heavy atom. The summed E-state index contributed by atoms with van der Waals surface area (Å²) < 4.78 is 6.56. The van der Waals surface area contributed by atoms with E-state index >= 15 is 0 Å². The van der Waals surface area contributed by atoms with Gasteiger partial charge in [-0.05, 0) is 44.7 Å². The van der Waals surface area contributed by atoms with Crippen LogP contribution in [0.5, 0.6) is 5.75 Å². The number of benzene rings is 1. The van der Waals surface area contributed by atoms with Crippen molar-refractivity contribution in [1.82, 2.24) is 15.1 Å². The molecule has 1 saturated heterocycles.